The number of rotatable bonds is 6. The smallest absolute Gasteiger partial charge is 0.205 e. The maximum Gasteiger partial charge on any atom is 0.205 e. The molecule has 0 saturated carbocycles. The summed E-state index contributed by atoms with van der Waals surface area (Å²) in [5.74, 6) is 0. The van der Waals surface area contributed by atoms with Gasteiger partial charge in [-0.1, -0.05) is 25.2 Å². The van der Waals surface area contributed by atoms with E-state index in [-0.39, 0.29) is 0 Å². The third-order valence-electron chi connectivity index (χ3n) is 2.72. The van der Waals surface area contributed by atoms with E-state index in [1.807, 2.05) is 4.68 Å². The van der Waals surface area contributed by atoms with Crippen molar-refractivity contribution in [3.8, 4) is 0 Å². The van der Waals surface area contributed by atoms with Crippen molar-refractivity contribution in [2.24, 2.45) is 0 Å². The number of nitrogens with zero attached hydrogens (tertiary/aromatic N) is 4. The molecule has 2 aromatic rings. The molecule has 0 aliphatic rings. The second-order valence-electron chi connectivity index (χ2n) is 4.02. The molecule has 5 nitrogen and oxygen atoms in total. The average Bonchev–Trinajstić information content (AvgIpc) is 2.97. The van der Waals surface area contributed by atoms with E-state index >= 15 is 0 Å². The number of nitrogens with one attached hydrogen (secondary N) is 1. The first kappa shape index (κ1) is 13.0. The van der Waals surface area contributed by atoms with Gasteiger partial charge in [0.2, 0.25) is 5.13 Å². The molecule has 0 atom stereocenters. The minimum Gasteiger partial charge on any atom is -0.360 e. The largest absolute Gasteiger partial charge is 0.360 e. The second-order valence-corrected chi connectivity index (χ2v) is 5.09. The zero-order valence-corrected chi connectivity index (χ0v) is 11.9. The van der Waals surface area contributed by atoms with Crippen LogP contribution in [0.3, 0.4) is 0 Å². The summed E-state index contributed by atoms with van der Waals surface area (Å²) in [7, 11) is 0. The molecule has 2 aromatic heterocycles. The minimum absolute atomic E-state index is 0.715. The lowest BCUT2D eigenvalue weighted by Crippen LogP contribution is -2.05. The summed E-state index contributed by atoms with van der Waals surface area (Å²) < 4.78 is 2.04. The van der Waals surface area contributed by atoms with E-state index in [2.05, 4.69) is 47.5 Å². The number of anilines is 1. The van der Waals surface area contributed by atoms with Crippen LogP contribution in [0.4, 0.5) is 5.13 Å². The molecule has 0 spiro atoms. The van der Waals surface area contributed by atoms with Gasteiger partial charge in [-0.2, -0.15) is 5.10 Å². The molecule has 0 aliphatic carbocycles. The lowest BCUT2D eigenvalue weighted by molar-refractivity contribution is 0.634. The Morgan fingerprint density at radius 3 is 2.72 bits per heavy atom. The number of aryl methyl sites for hydroxylation is 2. The van der Waals surface area contributed by atoms with Crippen molar-refractivity contribution in [3.05, 3.63) is 22.5 Å². The Bertz CT molecular complexity index is 502. The summed E-state index contributed by atoms with van der Waals surface area (Å²) >= 11 is 1.59. The van der Waals surface area contributed by atoms with Crippen LogP contribution in [0, 0.1) is 0 Å². The molecule has 18 heavy (non-hydrogen) atoms. The van der Waals surface area contributed by atoms with E-state index in [0.29, 0.717) is 6.54 Å². The van der Waals surface area contributed by atoms with E-state index in [1.54, 1.807) is 11.3 Å². The molecule has 0 aliphatic heterocycles. The van der Waals surface area contributed by atoms with Crippen molar-refractivity contribution >= 4 is 16.5 Å². The molecule has 0 radical (unpaired) electrons. The van der Waals surface area contributed by atoms with Crippen LogP contribution in [0.2, 0.25) is 0 Å². The van der Waals surface area contributed by atoms with Gasteiger partial charge in [0.15, 0.2) is 0 Å². The van der Waals surface area contributed by atoms with E-state index in [4.69, 9.17) is 0 Å². The second kappa shape index (κ2) is 5.95. The summed E-state index contributed by atoms with van der Waals surface area (Å²) in [6.07, 6.45) is 1.96. The van der Waals surface area contributed by atoms with Gasteiger partial charge in [0.1, 0.15) is 5.01 Å². The molecule has 0 bridgehead atoms. The van der Waals surface area contributed by atoms with Crippen molar-refractivity contribution in [1.29, 1.82) is 0 Å². The maximum atomic E-state index is 4.59. The van der Waals surface area contributed by atoms with Gasteiger partial charge < -0.3 is 5.32 Å². The van der Waals surface area contributed by atoms with E-state index in [1.165, 1.54) is 5.69 Å². The molecule has 0 unspecified atom stereocenters. The molecular formula is C12H19N5S. The molecule has 2 heterocycles. The zero-order valence-electron chi connectivity index (χ0n) is 11.1. The minimum atomic E-state index is 0.715. The number of hydrogen-bond donors (Lipinski definition) is 1. The highest BCUT2D eigenvalue weighted by atomic mass is 32.1. The van der Waals surface area contributed by atoms with Crippen molar-refractivity contribution in [2.45, 2.75) is 40.2 Å². The van der Waals surface area contributed by atoms with Crippen LogP contribution in [0.25, 0.3) is 0 Å². The van der Waals surface area contributed by atoms with Gasteiger partial charge >= 0.3 is 0 Å². The third-order valence-corrected chi connectivity index (χ3v) is 3.58. The Kier molecular flexibility index (Phi) is 4.30. The van der Waals surface area contributed by atoms with Gasteiger partial charge in [0.25, 0.3) is 0 Å². The van der Waals surface area contributed by atoms with Gasteiger partial charge in [0, 0.05) is 12.2 Å². The fraction of sp³-hybridized carbons (Fsp3) is 0.583. The van der Waals surface area contributed by atoms with E-state index in [0.717, 1.165) is 35.2 Å². The number of aromatic nitrogens is 4. The molecule has 0 saturated heterocycles. The molecule has 2 rings (SSSR count). The van der Waals surface area contributed by atoms with Crippen LogP contribution in [0.15, 0.2) is 6.07 Å². The SMILES string of the molecule is CCNc1nnc(Cn2nc(CC)cc2CC)s1. The first-order chi connectivity index (χ1) is 8.76. The standard InChI is InChI=1S/C12H19N5S/c1-4-9-7-10(5-2)17(16-9)8-11-14-15-12(18-11)13-6-3/h7H,4-6,8H2,1-3H3,(H,13,15). The summed E-state index contributed by atoms with van der Waals surface area (Å²) in [4.78, 5) is 0. The molecule has 0 amide bonds. The lowest BCUT2D eigenvalue weighted by atomic mass is 10.3. The van der Waals surface area contributed by atoms with Crippen molar-refractivity contribution in [2.75, 3.05) is 11.9 Å². The van der Waals surface area contributed by atoms with Gasteiger partial charge in [0.05, 0.1) is 12.2 Å². The van der Waals surface area contributed by atoms with E-state index in [9.17, 15) is 0 Å². The van der Waals surface area contributed by atoms with E-state index < -0.39 is 0 Å². The van der Waals surface area contributed by atoms with Crippen LogP contribution in [-0.4, -0.2) is 26.5 Å². The van der Waals surface area contributed by atoms with Crippen molar-refractivity contribution in [3.63, 3.8) is 0 Å². The Balaban J connectivity index is 2.14. The van der Waals surface area contributed by atoms with Crippen LogP contribution in [0.5, 0.6) is 0 Å². The topological polar surface area (TPSA) is 55.6 Å². The highest BCUT2D eigenvalue weighted by Crippen LogP contribution is 2.17. The molecule has 0 aromatic carbocycles. The van der Waals surface area contributed by atoms with Gasteiger partial charge in [-0.15, -0.1) is 10.2 Å². The maximum absolute atomic E-state index is 4.59. The Labute approximate surface area is 111 Å². The van der Waals surface area contributed by atoms with Crippen LogP contribution < -0.4 is 5.32 Å². The lowest BCUT2D eigenvalue weighted by Gasteiger charge is -2.01. The van der Waals surface area contributed by atoms with Gasteiger partial charge in [-0.05, 0) is 25.8 Å². The van der Waals surface area contributed by atoms with Crippen LogP contribution >= 0.6 is 11.3 Å². The predicted molar refractivity (Wildman–Crippen MR) is 74.2 cm³/mol. The monoisotopic (exact) mass is 265 g/mol. The Morgan fingerprint density at radius 1 is 1.22 bits per heavy atom. The van der Waals surface area contributed by atoms with Gasteiger partial charge in [-0.3, -0.25) is 4.68 Å². The molecular weight excluding hydrogens is 246 g/mol. The summed E-state index contributed by atoms with van der Waals surface area (Å²) in [6, 6.07) is 2.17. The fourth-order valence-electron chi connectivity index (χ4n) is 1.78. The Hall–Kier alpha value is -1.43. The quantitative estimate of drug-likeness (QED) is 0.871. The highest BCUT2D eigenvalue weighted by Gasteiger charge is 2.09. The average molecular weight is 265 g/mol. The third kappa shape index (κ3) is 2.87. The van der Waals surface area contributed by atoms with Crippen LogP contribution in [0.1, 0.15) is 37.2 Å². The first-order valence-electron chi connectivity index (χ1n) is 6.38. The first-order valence-corrected chi connectivity index (χ1v) is 7.20. The zero-order chi connectivity index (χ0) is 13.0. The van der Waals surface area contributed by atoms with Crippen molar-refractivity contribution in [1.82, 2.24) is 20.0 Å². The molecule has 6 heteroatoms. The Morgan fingerprint density at radius 2 is 2.06 bits per heavy atom. The van der Waals surface area contributed by atoms with Gasteiger partial charge in [-0.25, -0.2) is 0 Å². The summed E-state index contributed by atoms with van der Waals surface area (Å²) in [6.45, 7) is 7.91. The fourth-order valence-corrected chi connectivity index (χ4v) is 2.57. The number of hydrogen-bond acceptors (Lipinski definition) is 5. The van der Waals surface area contributed by atoms with Crippen LogP contribution in [-0.2, 0) is 19.4 Å². The molecule has 0 fully saturated rings. The molecule has 1 N–H and O–H groups in total. The normalized spacial score (nSPS) is 10.8. The summed E-state index contributed by atoms with van der Waals surface area (Å²) in [5, 5.41) is 17.9. The summed E-state index contributed by atoms with van der Waals surface area (Å²) in [5.41, 5.74) is 2.40. The molecule has 98 valence electrons. The highest BCUT2D eigenvalue weighted by molar-refractivity contribution is 7.15. The predicted octanol–water partition coefficient (Wildman–Crippen LogP) is 2.34. The van der Waals surface area contributed by atoms with Crippen molar-refractivity contribution < 1.29 is 0 Å².